The number of hydrogen-bond acceptors (Lipinski definition) is 6. The standard InChI is InChI=1S/C25H26ClN3O6S/c26-19-4-8-21(9-5-19)35-22-10-6-20(7-11-22)29-24(17-28(25(29)31)12-15-36(27,32)33)18-2-1-3-23(16-18)34-14-13-30/h1-11,16,24,30H,12-15,17H2,(H2,27,32,33). The van der Waals surface area contributed by atoms with Crippen molar-refractivity contribution >= 4 is 33.3 Å². The smallest absolute Gasteiger partial charge is 0.325 e. The van der Waals surface area contributed by atoms with Crippen molar-refractivity contribution in [1.82, 2.24) is 4.90 Å². The van der Waals surface area contributed by atoms with Crippen molar-refractivity contribution in [1.29, 1.82) is 0 Å². The van der Waals surface area contributed by atoms with Crippen LogP contribution in [-0.2, 0) is 10.0 Å². The van der Waals surface area contributed by atoms with Crippen LogP contribution in [0, 0.1) is 0 Å². The Morgan fingerprint density at radius 1 is 1.00 bits per heavy atom. The Morgan fingerprint density at radius 3 is 2.31 bits per heavy atom. The second-order valence-electron chi connectivity index (χ2n) is 8.18. The average Bonchev–Trinajstić information content (AvgIpc) is 3.19. The maximum absolute atomic E-state index is 13.4. The Hall–Kier alpha value is -3.31. The minimum Gasteiger partial charge on any atom is -0.491 e. The topological polar surface area (TPSA) is 122 Å². The van der Waals surface area contributed by atoms with Crippen molar-refractivity contribution in [3.8, 4) is 17.2 Å². The van der Waals surface area contributed by atoms with Crippen LogP contribution in [0.5, 0.6) is 17.2 Å². The van der Waals surface area contributed by atoms with Crippen LogP contribution < -0.4 is 19.5 Å². The molecule has 3 N–H and O–H groups in total. The lowest BCUT2D eigenvalue weighted by Crippen LogP contribution is -2.36. The Labute approximate surface area is 214 Å². The molecule has 190 valence electrons. The number of halogens is 1. The minimum atomic E-state index is -3.74. The van der Waals surface area contributed by atoms with E-state index in [-0.39, 0.29) is 38.1 Å². The van der Waals surface area contributed by atoms with E-state index in [2.05, 4.69) is 0 Å². The van der Waals surface area contributed by atoms with Crippen molar-refractivity contribution in [2.24, 2.45) is 5.14 Å². The van der Waals surface area contributed by atoms with Crippen molar-refractivity contribution in [3.63, 3.8) is 0 Å². The number of amides is 2. The van der Waals surface area contributed by atoms with E-state index >= 15 is 0 Å². The molecule has 1 aliphatic rings. The van der Waals surface area contributed by atoms with Crippen LogP contribution in [0.15, 0.2) is 72.8 Å². The van der Waals surface area contributed by atoms with E-state index < -0.39 is 16.1 Å². The fourth-order valence-electron chi connectivity index (χ4n) is 3.91. The lowest BCUT2D eigenvalue weighted by molar-refractivity contribution is 0.201. The van der Waals surface area contributed by atoms with E-state index in [1.54, 1.807) is 65.6 Å². The second kappa shape index (κ2) is 11.2. The van der Waals surface area contributed by atoms with Crippen molar-refractivity contribution in [2.45, 2.75) is 6.04 Å². The minimum absolute atomic E-state index is 0.0247. The molecule has 11 heteroatoms. The summed E-state index contributed by atoms with van der Waals surface area (Å²) in [6, 6.07) is 20.5. The van der Waals surface area contributed by atoms with Gasteiger partial charge in [-0.25, -0.2) is 18.4 Å². The number of primary sulfonamides is 1. The van der Waals surface area contributed by atoms with Gasteiger partial charge >= 0.3 is 6.03 Å². The van der Waals surface area contributed by atoms with Gasteiger partial charge in [-0.1, -0.05) is 23.7 Å². The van der Waals surface area contributed by atoms with Gasteiger partial charge in [0.1, 0.15) is 23.9 Å². The van der Waals surface area contributed by atoms with Gasteiger partial charge in [0.2, 0.25) is 10.0 Å². The molecule has 1 unspecified atom stereocenters. The molecule has 1 fully saturated rings. The van der Waals surface area contributed by atoms with Crippen molar-refractivity contribution < 1.29 is 27.8 Å². The predicted octanol–water partition coefficient (Wildman–Crippen LogP) is 3.78. The summed E-state index contributed by atoms with van der Waals surface area (Å²) in [5.41, 5.74) is 1.42. The number of benzene rings is 3. The van der Waals surface area contributed by atoms with Crippen molar-refractivity contribution in [2.75, 3.05) is 37.0 Å². The Morgan fingerprint density at radius 2 is 1.67 bits per heavy atom. The molecule has 0 saturated carbocycles. The van der Waals surface area contributed by atoms with Crippen LogP contribution in [0.1, 0.15) is 11.6 Å². The molecule has 1 heterocycles. The first kappa shape index (κ1) is 25.8. The molecule has 0 bridgehead atoms. The van der Waals surface area contributed by atoms with Gasteiger partial charge in [0, 0.05) is 23.8 Å². The van der Waals surface area contributed by atoms with E-state index in [1.807, 2.05) is 12.1 Å². The van der Waals surface area contributed by atoms with Gasteiger partial charge in [-0.2, -0.15) is 0 Å². The zero-order chi connectivity index (χ0) is 25.7. The van der Waals surface area contributed by atoms with E-state index in [1.165, 1.54) is 4.90 Å². The lowest BCUT2D eigenvalue weighted by atomic mass is 10.1. The molecule has 1 atom stereocenters. The fraction of sp³-hybridized carbons (Fsp3) is 0.240. The highest BCUT2D eigenvalue weighted by molar-refractivity contribution is 7.89. The number of carbonyl (C=O) groups is 1. The number of sulfonamides is 1. The van der Waals surface area contributed by atoms with Crippen molar-refractivity contribution in [3.05, 3.63) is 83.4 Å². The van der Waals surface area contributed by atoms with Gasteiger partial charge in [0.25, 0.3) is 0 Å². The summed E-state index contributed by atoms with van der Waals surface area (Å²) in [5, 5.41) is 14.8. The van der Waals surface area contributed by atoms with E-state index in [0.29, 0.717) is 28.0 Å². The number of urea groups is 1. The van der Waals surface area contributed by atoms with Crippen LogP contribution in [-0.4, -0.2) is 56.5 Å². The van der Waals surface area contributed by atoms with E-state index in [4.69, 9.17) is 31.3 Å². The third kappa shape index (κ3) is 6.46. The highest BCUT2D eigenvalue weighted by Gasteiger charge is 2.39. The van der Waals surface area contributed by atoms with Gasteiger partial charge in [0.05, 0.1) is 18.4 Å². The summed E-state index contributed by atoms with van der Waals surface area (Å²) in [5.74, 6) is 1.42. The number of rotatable bonds is 10. The highest BCUT2D eigenvalue weighted by atomic mass is 35.5. The molecule has 2 amide bonds. The van der Waals surface area contributed by atoms with Gasteiger partial charge < -0.3 is 19.5 Å². The van der Waals surface area contributed by atoms with Gasteiger partial charge in [-0.05, 0) is 66.2 Å². The molecule has 3 aromatic carbocycles. The van der Waals surface area contributed by atoms with Crippen LogP contribution in [0.4, 0.5) is 10.5 Å². The number of nitrogens with two attached hydrogens (primary N) is 1. The van der Waals surface area contributed by atoms with Gasteiger partial charge in [-0.3, -0.25) is 4.90 Å². The van der Waals surface area contributed by atoms with E-state index in [9.17, 15) is 13.2 Å². The maximum atomic E-state index is 13.4. The summed E-state index contributed by atoms with van der Waals surface area (Å²) in [4.78, 5) is 16.5. The lowest BCUT2D eigenvalue weighted by Gasteiger charge is -2.24. The Balaban J connectivity index is 1.60. The molecule has 0 radical (unpaired) electrons. The fourth-order valence-corrected chi connectivity index (χ4v) is 4.51. The largest absolute Gasteiger partial charge is 0.491 e. The number of aliphatic hydroxyl groups is 1. The molecule has 0 aromatic heterocycles. The first-order valence-corrected chi connectivity index (χ1v) is 13.3. The maximum Gasteiger partial charge on any atom is 0.325 e. The first-order valence-electron chi connectivity index (χ1n) is 11.2. The van der Waals surface area contributed by atoms with Gasteiger partial charge in [-0.15, -0.1) is 0 Å². The third-order valence-electron chi connectivity index (χ3n) is 5.59. The molecule has 1 aliphatic heterocycles. The summed E-state index contributed by atoms with van der Waals surface area (Å²) in [7, 11) is -3.74. The SMILES string of the molecule is NS(=O)(=O)CCN1CC(c2cccc(OCCO)c2)N(c2ccc(Oc3ccc(Cl)cc3)cc2)C1=O. The van der Waals surface area contributed by atoms with Crippen LogP contribution in [0.2, 0.25) is 5.02 Å². The number of hydrogen-bond donors (Lipinski definition) is 2. The summed E-state index contributed by atoms with van der Waals surface area (Å²) in [6.45, 7) is 0.264. The Kier molecular flexibility index (Phi) is 8.00. The van der Waals surface area contributed by atoms with E-state index in [0.717, 1.165) is 5.56 Å². The average molecular weight is 532 g/mol. The number of ether oxygens (including phenoxy) is 2. The number of aliphatic hydroxyl groups excluding tert-OH is 1. The molecule has 9 nitrogen and oxygen atoms in total. The predicted molar refractivity (Wildman–Crippen MR) is 137 cm³/mol. The molecule has 1 saturated heterocycles. The number of anilines is 1. The monoisotopic (exact) mass is 531 g/mol. The number of nitrogens with zero attached hydrogens (tertiary/aromatic N) is 2. The second-order valence-corrected chi connectivity index (χ2v) is 10.3. The summed E-state index contributed by atoms with van der Waals surface area (Å²) in [6.07, 6.45) is 0. The summed E-state index contributed by atoms with van der Waals surface area (Å²) < 4.78 is 34.4. The zero-order valence-corrected chi connectivity index (χ0v) is 20.9. The Bertz CT molecular complexity index is 1300. The quantitative estimate of drug-likeness (QED) is 0.410. The van der Waals surface area contributed by atoms with Crippen LogP contribution >= 0.6 is 11.6 Å². The van der Waals surface area contributed by atoms with Crippen LogP contribution in [0.3, 0.4) is 0 Å². The molecule has 3 aromatic rings. The van der Waals surface area contributed by atoms with Gasteiger partial charge in [0.15, 0.2) is 0 Å². The summed E-state index contributed by atoms with van der Waals surface area (Å²) >= 11 is 5.92. The third-order valence-corrected chi connectivity index (χ3v) is 6.60. The molecular weight excluding hydrogens is 506 g/mol. The molecule has 0 aliphatic carbocycles. The number of carbonyl (C=O) groups excluding carboxylic acids is 1. The molecular formula is C25H26ClN3O6S. The first-order chi connectivity index (χ1) is 17.2. The highest BCUT2D eigenvalue weighted by Crippen LogP contribution is 2.36. The normalized spacial score (nSPS) is 15.9. The molecule has 0 spiro atoms. The van der Waals surface area contributed by atoms with Crippen LogP contribution in [0.25, 0.3) is 0 Å². The molecule has 36 heavy (non-hydrogen) atoms. The molecule has 4 rings (SSSR count). The zero-order valence-electron chi connectivity index (χ0n) is 19.3.